The van der Waals surface area contributed by atoms with Crippen molar-refractivity contribution in [1.82, 2.24) is 9.97 Å². The average molecular weight is 240 g/mol. The summed E-state index contributed by atoms with van der Waals surface area (Å²) in [4.78, 5) is 8.48. The summed E-state index contributed by atoms with van der Waals surface area (Å²) in [6.07, 6.45) is 3.88. The Bertz CT molecular complexity index is 328. The molecule has 0 bridgehead atoms. The molecule has 1 heterocycles. The fourth-order valence-corrected chi connectivity index (χ4v) is 1.29. The van der Waals surface area contributed by atoms with E-state index in [1.165, 1.54) is 0 Å². The van der Waals surface area contributed by atoms with Gasteiger partial charge in [0, 0.05) is 24.0 Å². The van der Waals surface area contributed by atoms with E-state index in [0.29, 0.717) is 5.95 Å². The zero-order chi connectivity index (χ0) is 12.0. The van der Waals surface area contributed by atoms with Gasteiger partial charge in [0.2, 0.25) is 5.95 Å². The van der Waals surface area contributed by atoms with Gasteiger partial charge in [-0.3, -0.25) is 0 Å². The summed E-state index contributed by atoms with van der Waals surface area (Å²) in [5.74, 6) is 1.54. The second-order valence-electron chi connectivity index (χ2n) is 4.11. The first kappa shape index (κ1) is 13.1. The highest BCUT2D eigenvalue weighted by Gasteiger charge is 2.15. The van der Waals surface area contributed by atoms with E-state index < -0.39 is 0 Å². The minimum absolute atomic E-state index is 0.212. The Kier molecular flexibility index (Phi) is 4.86. The third kappa shape index (κ3) is 4.26. The number of hydrogen-bond donors (Lipinski definition) is 2. The molecule has 0 aliphatic rings. The maximum atomic E-state index is 4.36. The molecule has 0 saturated heterocycles. The maximum absolute atomic E-state index is 4.36. The van der Waals surface area contributed by atoms with E-state index in [0.717, 1.165) is 18.9 Å². The molecule has 1 aromatic rings. The molecule has 0 aliphatic carbocycles. The summed E-state index contributed by atoms with van der Waals surface area (Å²) < 4.78 is 0.212. The van der Waals surface area contributed by atoms with Crippen molar-refractivity contribution in [2.45, 2.75) is 25.5 Å². The summed E-state index contributed by atoms with van der Waals surface area (Å²) >= 11 is 1.84. The maximum Gasteiger partial charge on any atom is 0.224 e. The minimum atomic E-state index is 0.212. The molecule has 5 heteroatoms. The summed E-state index contributed by atoms with van der Waals surface area (Å²) in [5, 5.41) is 6.41. The standard InChI is InChI=1S/C11H20N4S/c1-5-12-10-13-7-6-9(15-10)14-8-11(2,3)16-4/h6-7H,5,8H2,1-4H3,(H2,12,13,14,15). The zero-order valence-corrected chi connectivity index (χ0v) is 11.2. The molecule has 0 radical (unpaired) electrons. The van der Waals surface area contributed by atoms with Gasteiger partial charge in [-0.2, -0.15) is 16.7 Å². The molecule has 4 nitrogen and oxygen atoms in total. The van der Waals surface area contributed by atoms with Gasteiger partial charge in [0.1, 0.15) is 5.82 Å². The molecule has 1 aromatic heterocycles. The van der Waals surface area contributed by atoms with E-state index >= 15 is 0 Å². The molecule has 0 spiro atoms. The predicted octanol–water partition coefficient (Wildman–Crippen LogP) is 2.46. The van der Waals surface area contributed by atoms with Crippen LogP contribution in [-0.4, -0.2) is 34.1 Å². The lowest BCUT2D eigenvalue weighted by Crippen LogP contribution is -2.26. The SMILES string of the molecule is CCNc1nccc(NCC(C)(C)SC)n1. The van der Waals surface area contributed by atoms with E-state index in [9.17, 15) is 0 Å². The number of nitrogens with one attached hydrogen (secondary N) is 2. The van der Waals surface area contributed by atoms with Gasteiger partial charge in [-0.1, -0.05) is 0 Å². The number of thioether (sulfide) groups is 1. The van der Waals surface area contributed by atoms with Crippen LogP contribution in [0.2, 0.25) is 0 Å². The molecule has 0 saturated carbocycles. The molecule has 1 rings (SSSR count). The van der Waals surface area contributed by atoms with Gasteiger partial charge in [0.15, 0.2) is 0 Å². The van der Waals surface area contributed by atoms with E-state index in [-0.39, 0.29) is 4.75 Å². The smallest absolute Gasteiger partial charge is 0.224 e. The predicted molar refractivity (Wildman–Crippen MR) is 72.3 cm³/mol. The second kappa shape index (κ2) is 5.94. The van der Waals surface area contributed by atoms with Crippen LogP contribution in [0.4, 0.5) is 11.8 Å². The van der Waals surface area contributed by atoms with Gasteiger partial charge in [-0.25, -0.2) is 4.98 Å². The third-order valence-corrected chi connectivity index (χ3v) is 3.49. The molecule has 0 aromatic carbocycles. The van der Waals surface area contributed by atoms with Crippen LogP contribution >= 0.6 is 11.8 Å². The van der Waals surface area contributed by atoms with Gasteiger partial charge < -0.3 is 10.6 Å². The second-order valence-corrected chi connectivity index (χ2v) is 5.63. The molecule has 2 N–H and O–H groups in total. The van der Waals surface area contributed by atoms with Gasteiger partial charge in [-0.05, 0) is 33.1 Å². The molecule has 0 amide bonds. The number of nitrogens with zero attached hydrogens (tertiary/aromatic N) is 2. The van der Waals surface area contributed by atoms with E-state index in [1.54, 1.807) is 6.20 Å². The van der Waals surface area contributed by atoms with Crippen LogP contribution < -0.4 is 10.6 Å². The van der Waals surface area contributed by atoms with Crippen molar-refractivity contribution >= 4 is 23.5 Å². The van der Waals surface area contributed by atoms with Gasteiger partial charge in [0.25, 0.3) is 0 Å². The van der Waals surface area contributed by atoms with E-state index in [4.69, 9.17) is 0 Å². The average Bonchev–Trinajstić information content (AvgIpc) is 2.28. The first-order chi connectivity index (χ1) is 7.57. The fourth-order valence-electron chi connectivity index (χ4n) is 1.08. The van der Waals surface area contributed by atoms with Crippen LogP contribution in [0.3, 0.4) is 0 Å². The van der Waals surface area contributed by atoms with Crippen LogP contribution in [0.25, 0.3) is 0 Å². The van der Waals surface area contributed by atoms with Gasteiger partial charge >= 0.3 is 0 Å². The summed E-state index contributed by atoms with van der Waals surface area (Å²) in [5.41, 5.74) is 0. The Morgan fingerprint density at radius 1 is 1.38 bits per heavy atom. The lowest BCUT2D eigenvalue weighted by atomic mass is 10.2. The van der Waals surface area contributed by atoms with Crippen LogP contribution in [0, 0.1) is 0 Å². The Morgan fingerprint density at radius 2 is 2.12 bits per heavy atom. The topological polar surface area (TPSA) is 49.8 Å². The Hall–Kier alpha value is -0.970. The summed E-state index contributed by atoms with van der Waals surface area (Å²) in [7, 11) is 0. The van der Waals surface area contributed by atoms with E-state index in [2.05, 4.69) is 40.7 Å². The summed E-state index contributed by atoms with van der Waals surface area (Å²) in [6, 6.07) is 1.89. The number of anilines is 2. The van der Waals surface area contributed by atoms with Crippen molar-refractivity contribution in [2.75, 3.05) is 30.0 Å². The molecule has 90 valence electrons. The molecular formula is C11H20N4S. The first-order valence-corrected chi connectivity index (χ1v) is 6.66. The monoisotopic (exact) mass is 240 g/mol. The van der Waals surface area contributed by atoms with Gasteiger partial charge in [0.05, 0.1) is 0 Å². The van der Waals surface area contributed by atoms with Crippen LogP contribution in [0.15, 0.2) is 12.3 Å². The molecule has 16 heavy (non-hydrogen) atoms. The highest BCUT2D eigenvalue weighted by molar-refractivity contribution is 7.99. The number of hydrogen-bond acceptors (Lipinski definition) is 5. The lowest BCUT2D eigenvalue weighted by Gasteiger charge is -2.22. The third-order valence-electron chi connectivity index (χ3n) is 2.24. The minimum Gasteiger partial charge on any atom is -0.369 e. The highest BCUT2D eigenvalue weighted by Crippen LogP contribution is 2.21. The largest absolute Gasteiger partial charge is 0.369 e. The van der Waals surface area contributed by atoms with Crippen molar-refractivity contribution in [3.05, 3.63) is 12.3 Å². The zero-order valence-electron chi connectivity index (χ0n) is 10.4. The summed E-state index contributed by atoms with van der Waals surface area (Å²) in [6.45, 7) is 8.16. The molecule has 0 aliphatic heterocycles. The van der Waals surface area contributed by atoms with Crippen molar-refractivity contribution in [1.29, 1.82) is 0 Å². The van der Waals surface area contributed by atoms with Crippen LogP contribution in [-0.2, 0) is 0 Å². The van der Waals surface area contributed by atoms with Crippen molar-refractivity contribution < 1.29 is 0 Å². The van der Waals surface area contributed by atoms with Crippen molar-refractivity contribution in [2.24, 2.45) is 0 Å². The fraction of sp³-hybridized carbons (Fsp3) is 0.636. The Labute approximate surface area is 102 Å². The van der Waals surface area contributed by atoms with Gasteiger partial charge in [-0.15, -0.1) is 0 Å². The number of aromatic nitrogens is 2. The first-order valence-electron chi connectivity index (χ1n) is 5.43. The van der Waals surface area contributed by atoms with E-state index in [1.807, 2.05) is 24.8 Å². The number of rotatable bonds is 6. The quantitative estimate of drug-likeness (QED) is 0.800. The lowest BCUT2D eigenvalue weighted by molar-refractivity contribution is 0.750. The Balaban J connectivity index is 2.57. The van der Waals surface area contributed by atoms with Crippen LogP contribution in [0.1, 0.15) is 20.8 Å². The normalized spacial score (nSPS) is 11.2. The molecule has 0 unspecified atom stereocenters. The Morgan fingerprint density at radius 3 is 2.75 bits per heavy atom. The van der Waals surface area contributed by atoms with Crippen molar-refractivity contribution in [3.63, 3.8) is 0 Å². The van der Waals surface area contributed by atoms with Crippen LogP contribution in [0.5, 0.6) is 0 Å². The molecular weight excluding hydrogens is 220 g/mol. The highest BCUT2D eigenvalue weighted by atomic mass is 32.2. The molecule has 0 fully saturated rings. The molecule has 0 atom stereocenters. The van der Waals surface area contributed by atoms with Crippen molar-refractivity contribution in [3.8, 4) is 0 Å².